The van der Waals surface area contributed by atoms with E-state index in [2.05, 4.69) is 30.3 Å². The number of guanidine groups is 1. The second-order valence-electron chi connectivity index (χ2n) is 5.60. The van der Waals surface area contributed by atoms with E-state index in [1.54, 1.807) is 12.3 Å². The normalized spacial score (nSPS) is 11.9. The van der Waals surface area contributed by atoms with Crippen LogP contribution in [0.3, 0.4) is 0 Å². The van der Waals surface area contributed by atoms with Gasteiger partial charge in [-0.1, -0.05) is 12.1 Å². The SMILES string of the molecule is CCNC(=NCc1ccc(OCC(F)(F)F)nc1)NCCc1ccccn1. The highest BCUT2D eigenvalue weighted by atomic mass is 19.4. The molecule has 0 unspecified atom stereocenters. The third-order valence-corrected chi connectivity index (χ3v) is 3.35. The van der Waals surface area contributed by atoms with Crippen molar-refractivity contribution in [3.8, 4) is 5.88 Å². The molecule has 6 nitrogen and oxygen atoms in total. The molecule has 9 heteroatoms. The molecule has 27 heavy (non-hydrogen) atoms. The smallest absolute Gasteiger partial charge is 0.422 e. The monoisotopic (exact) mass is 381 g/mol. The van der Waals surface area contributed by atoms with Crippen molar-refractivity contribution in [3.05, 3.63) is 54.0 Å². The van der Waals surface area contributed by atoms with Crippen LogP contribution in [0.1, 0.15) is 18.2 Å². The van der Waals surface area contributed by atoms with Gasteiger partial charge < -0.3 is 15.4 Å². The fourth-order valence-corrected chi connectivity index (χ4v) is 2.11. The molecule has 0 saturated carbocycles. The quantitative estimate of drug-likeness (QED) is 0.544. The molecule has 0 radical (unpaired) electrons. The van der Waals surface area contributed by atoms with Crippen LogP contribution in [0.15, 0.2) is 47.7 Å². The van der Waals surface area contributed by atoms with Crippen molar-refractivity contribution < 1.29 is 17.9 Å². The third-order valence-electron chi connectivity index (χ3n) is 3.35. The summed E-state index contributed by atoms with van der Waals surface area (Å²) in [5, 5.41) is 6.35. The summed E-state index contributed by atoms with van der Waals surface area (Å²) in [6, 6.07) is 8.81. The molecule has 146 valence electrons. The van der Waals surface area contributed by atoms with Gasteiger partial charge in [0.2, 0.25) is 5.88 Å². The van der Waals surface area contributed by atoms with E-state index in [9.17, 15) is 13.2 Å². The van der Waals surface area contributed by atoms with Crippen LogP contribution >= 0.6 is 0 Å². The molecule has 0 aliphatic rings. The van der Waals surface area contributed by atoms with E-state index < -0.39 is 12.8 Å². The molecule has 2 N–H and O–H groups in total. The van der Waals surface area contributed by atoms with Gasteiger partial charge >= 0.3 is 6.18 Å². The lowest BCUT2D eigenvalue weighted by Crippen LogP contribution is -2.38. The summed E-state index contributed by atoms with van der Waals surface area (Å²) in [5.74, 6) is 0.575. The fourth-order valence-electron chi connectivity index (χ4n) is 2.11. The summed E-state index contributed by atoms with van der Waals surface area (Å²) in [4.78, 5) is 12.6. The van der Waals surface area contributed by atoms with Crippen LogP contribution < -0.4 is 15.4 Å². The first-order chi connectivity index (χ1) is 13.0. The number of ether oxygens (including phenoxy) is 1. The van der Waals surface area contributed by atoms with Crippen molar-refractivity contribution in [3.63, 3.8) is 0 Å². The third kappa shape index (κ3) is 8.39. The van der Waals surface area contributed by atoms with E-state index in [-0.39, 0.29) is 5.88 Å². The van der Waals surface area contributed by atoms with Crippen LogP contribution in [0, 0.1) is 0 Å². The van der Waals surface area contributed by atoms with Gasteiger partial charge in [-0.2, -0.15) is 13.2 Å². The number of hydrogen-bond acceptors (Lipinski definition) is 4. The summed E-state index contributed by atoms with van der Waals surface area (Å²) < 4.78 is 41.0. The van der Waals surface area contributed by atoms with Crippen molar-refractivity contribution in [1.82, 2.24) is 20.6 Å². The molecule has 0 aliphatic heterocycles. The van der Waals surface area contributed by atoms with Gasteiger partial charge in [-0.25, -0.2) is 9.98 Å². The maximum Gasteiger partial charge on any atom is 0.422 e. The number of alkyl halides is 3. The lowest BCUT2D eigenvalue weighted by molar-refractivity contribution is -0.154. The summed E-state index contributed by atoms with van der Waals surface area (Å²) >= 11 is 0. The fraction of sp³-hybridized carbons (Fsp3) is 0.389. The van der Waals surface area contributed by atoms with Crippen LogP contribution in [-0.2, 0) is 13.0 Å². The van der Waals surface area contributed by atoms with Gasteiger partial charge in [-0.3, -0.25) is 4.98 Å². The van der Waals surface area contributed by atoms with E-state index in [1.165, 1.54) is 12.3 Å². The van der Waals surface area contributed by atoms with Crippen molar-refractivity contribution in [2.75, 3.05) is 19.7 Å². The number of nitrogens with one attached hydrogen (secondary N) is 2. The Labute approximate surface area is 155 Å². The number of hydrogen-bond donors (Lipinski definition) is 2. The van der Waals surface area contributed by atoms with Gasteiger partial charge in [-0.05, 0) is 24.6 Å². The number of aliphatic imine (C=N–C) groups is 1. The highest BCUT2D eigenvalue weighted by Gasteiger charge is 2.28. The van der Waals surface area contributed by atoms with Crippen molar-refractivity contribution in [1.29, 1.82) is 0 Å². The van der Waals surface area contributed by atoms with E-state index in [0.29, 0.717) is 25.6 Å². The predicted octanol–water partition coefficient (Wildman–Crippen LogP) is 2.72. The molecule has 0 aromatic carbocycles. The average Bonchev–Trinajstić information content (AvgIpc) is 2.65. The Morgan fingerprint density at radius 1 is 1.15 bits per heavy atom. The standard InChI is InChI=1S/C18H22F3N5O/c1-2-22-17(24-10-8-15-5-3-4-9-23-15)26-12-14-6-7-16(25-11-14)27-13-18(19,20)21/h3-7,9,11H,2,8,10,12-13H2,1H3,(H2,22,24,26). The molecule has 2 heterocycles. The Balaban J connectivity index is 1.84. The Morgan fingerprint density at radius 3 is 2.63 bits per heavy atom. The second kappa shape index (κ2) is 10.3. The molecule has 0 saturated heterocycles. The number of aromatic nitrogens is 2. The van der Waals surface area contributed by atoms with Gasteiger partial charge in [0.15, 0.2) is 12.6 Å². The number of halogens is 3. The minimum atomic E-state index is -4.38. The highest BCUT2D eigenvalue weighted by molar-refractivity contribution is 5.79. The molecule has 0 aliphatic carbocycles. The molecule has 0 bridgehead atoms. The van der Waals surface area contributed by atoms with Crippen LogP contribution in [-0.4, -0.2) is 41.8 Å². The molecule has 0 fully saturated rings. The van der Waals surface area contributed by atoms with Crippen molar-refractivity contribution >= 4 is 5.96 Å². The number of pyridine rings is 2. The Kier molecular flexibility index (Phi) is 7.84. The van der Waals surface area contributed by atoms with Gasteiger partial charge in [0.05, 0.1) is 6.54 Å². The molecular weight excluding hydrogens is 359 g/mol. The average molecular weight is 381 g/mol. The lowest BCUT2D eigenvalue weighted by Gasteiger charge is -2.11. The summed E-state index contributed by atoms with van der Waals surface area (Å²) in [7, 11) is 0. The second-order valence-corrected chi connectivity index (χ2v) is 5.60. The zero-order valence-electron chi connectivity index (χ0n) is 15.0. The van der Waals surface area contributed by atoms with Crippen molar-refractivity contribution in [2.24, 2.45) is 4.99 Å². The highest BCUT2D eigenvalue weighted by Crippen LogP contribution is 2.17. The summed E-state index contributed by atoms with van der Waals surface area (Å²) in [6.07, 6.45) is -0.416. The number of nitrogens with zero attached hydrogens (tertiary/aromatic N) is 3. The molecular formula is C18H22F3N5O. The zero-order chi connectivity index (χ0) is 19.5. The topological polar surface area (TPSA) is 71.4 Å². The minimum absolute atomic E-state index is 0.0690. The largest absolute Gasteiger partial charge is 0.468 e. The summed E-state index contributed by atoms with van der Waals surface area (Å²) in [5.41, 5.74) is 1.75. The first-order valence-corrected chi connectivity index (χ1v) is 8.53. The zero-order valence-corrected chi connectivity index (χ0v) is 15.0. The molecule has 2 rings (SSSR count). The first-order valence-electron chi connectivity index (χ1n) is 8.53. The van der Waals surface area contributed by atoms with Crippen molar-refractivity contribution in [2.45, 2.75) is 26.1 Å². The Morgan fingerprint density at radius 2 is 2.00 bits per heavy atom. The van der Waals surface area contributed by atoms with Gasteiger partial charge in [0, 0.05) is 43.7 Å². The van der Waals surface area contributed by atoms with Crippen LogP contribution in [0.2, 0.25) is 0 Å². The predicted molar refractivity (Wildman–Crippen MR) is 96.5 cm³/mol. The lowest BCUT2D eigenvalue weighted by atomic mass is 10.3. The molecule has 0 atom stereocenters. The van der Waals surface area contributed by atoms with E-state index in [4.69, 9.17) is 0 Å². The molecule has 2 aromatic heterocycles. The maximum atomic E-state index is 12.1. The molecule has 0 amide bonds. The minimum Gasteiger partial charge on any atom is -0.468 e. The molecule has 0 spiro atoms. The van der Waals surface area contributed by atoms with E-state index in [1.807, 2.05) is 25.1 Å². The Hall–Kier alpha value is -2.84. The van der Waals surface area contributed by atoms with E-state index in [0.717, 1.165) is 17.7 Å². The van der Waals surface area contributed by atoms with E-state index >= 15 is 0 Å². The van der Waals surface area contributed by atoms with Gasteiger partial charge in [0.25, 0.3) is 0 Å². The summed E-state index contributed by atoms with van der Waals surface area (Å²) in [6.45, 7) is 2.32. The number of rotatable bonds is 8. The molecule has 2 aromatic rings. The Bertz CT molecular complexity index is 705. The first kappa shape index (κ1) is 20.5. The van der Waals surface area contributed by atoms with Crippen LogP contribution in [0.25, 0.3) is 0 Å². The van der Waals surface area contributed by atoms with Gasteiger partial charge in [0.1, 0.15) is 0 Å². The van der Waals surface area contributed by atoms with Gasteiger partial charge in [-0.15, -0.1) is 0 Å². The van der Waals surface area contributed by atoms with Crippen LogP contribution in [0.4, 0.5) is 13.2 Å². The van der Waals surface area contributed by atoms with Crippen LogP contribution in [0.5, 0.6) is 5.88 Å². The maximum absolute atomic E-state index is 12.1.